The van der Waals surface area contributed by atoms with Gasteiger partial charge in [0.1, 0.15) is 0 Å². The summed E-state index contributed by atoms with van der Waals surface area (Å²) < 4.78 is 0. The van der Waals surface area contributed by atoms with Gasteiger partial charge in [0.25, 0.3) is 0 Å². The van der Waals surface area contributed by atoms with Gasteiger partial charge < -0.3 is 10.6 Å². The molecule has 0 atom stereocenters. The lowest BCUT2D eigenvalue weighted by atomic mass is 10.1. The maximum atomic E-state index is 5.97. The minimum Gasteiger partial charge on any atom is -0.332 e. The van der Waals surface area contributed by atoms with Crippen LogP contribution in [0.1, 0.15) is 11.1 Å². The summed E-state index contributed by atoms with van der Waals surface area (Å²) in [6.45, 7) is 4.15. The van der Waals surface area contributed by atoms with E-state index < -0.39 is 0 Å². The van der Waals surface area contributed by atoms with Crippen molar-refractivity contribution < 1.29 is 0 Å². The molecule has 3 aromatic carbocycles. The third kappa shape index (κ3) is 5.01. The van der Waals surface area contributed by atoms with E-state index in [2.05, 4.69) is 42.7 Å². The zero-order valence-electron chi connectivity index (χ0n) is 14.5. The average Bonchev–Trinajstić information content (AvgIpc) is 2.61. The molecule has 3 rings (SSSR count). The quantitative estimate of drug-likeness (QED) is 0.466. The summed E-state index contributed by atoms with van der Waals surface area (Å²) in [5.74, 6) is 0. The molecule has 26 heavy (non-hydrogen) atoms. The molecule has 0 spiro atoms. The van der Waals surface area contributed by atoms with Crippen molar-refractivity contribution in [2.75, 3.05) is 10.6 Å². The zero-order chi connectivity index (χ0) is 18.5. The molecule has 2 N–H and O–H groups in total. The summed E-state index contributed by atoms with van der Waals surface area (Å²) in [5, 5.41) is 7.89. The van der Waals surface area contributed by atoms with Crippen molar-refractivity contribution in [2.45, 2.75) is 23.6 Å². The normalized spacial score (nSPS) is 10.4. The van der Waals surface area contributed by atoms with Crippen molar-refractivity contribution in [1.29, 1.82) is 0 Å². The highest BCUT2D eigenvalue weighted by Crippen LogP contribution is 2.34. The summed E-state index contributed by atoms with van der Waals surface area (Å²) >= 11 is 13.1. The van der Waals surface area contributed by atoms with Crippen LogP contribution >= 0.6 is 35.6 Å². The van der Waals surface area contributed by atoms with Crippen molar-refractivity contribution >= 4 is 52.1 Å². The number of thiocarbonyl (C=S) groups is 1. The molecular weight excluding hydrogens is 380 g/mol. The number of anilines is 2. The first-order valence-corrected chi connectivity index (χ1v) is 9.79. The van der Waals surface area contributed by atoms with E-state index in [4.69, 9.17) is 23.8 Å². The Balaban J connectivity index is 1.73. The smallest absolute Gasteiger partial charge is 0.175 e. The van der Waals surface area contributed by atoms with Crippen molar-refractivity contribution in [2.24, 2.45) is 0 Å². The van der Waals surface area contributed by atoms with Gasteiger partial charge in [0.05, 0.1) is 5.69 Å². The molecule has 0 aliphatic carbocycles. The van der Waals surface area contributed by atoms with Crippen LogP contribution in [0.5, 0.6) is 0 Å². The van der Waals surface area contributed by atoms with Gasteiger partial charge in [0, 0.05) is 20.5 Å². The van der Waals surface area contributed by atoms with Gasteiger partial charge in [0.15, 0.2) is 5.11 Å². The number of benzene rings is 3. The fourth-order valence-electron chi connectivity index (χ4n) is 2.52. The SMILES string of the molecule is Cc1ccc(NC(=S)Nc2ccccc2Sc2ccc(Cl)cc2)c(C)c1. The fourth-order valence-corrected chi connectivity index (χ4v) is 3.77. The number of aryl methyl sites for hydroxylation is 2. The Morgan fingerprint density at radius 2 is 1.58 bits per heavy atom. The first-order chi connectivity index (χ1) is 12.5. The Labute approximate surface area is 169 Å². The van der Waals surface area contributed by atoms with E-state index in [0.717, 1.165) is 31.8 Å². The second-order valence-electron chi connectivity index (χ2n) is 5.95. The van der Waals surface area contributed by atoms with Crippen LogP contribution in [0.2, 0.25) is 5.02 Å². The van der Waals surface area contributed by atoms with Gasteiger partial charge in [-0.15, -0.1) is 0 Å². The minimum absolute atomic E-state index is 0.570. The predicted octanol–water partition coefficient (Wildman–Crippen LogP) is 6.92. The highest BCUT2D eigenvalue weighted by molar-refractivity contribution is 7.99. The third-order valence-electron chi connectivity index (χ3n) is 3.81. The molecule has 0 aliphatic rings. The van der Waals surface area contributed by atoms with E-state index in [1.807, 2.05) is 48.5 Å². The van der Waals surface area contributed by atoms with Crippen molar-refractivity contribution in [1.82, 2.24) is 0 Å². The molecular formula is C21H19ClN2S2. The largest absolute Gasteiger partial charge is 0.332 e. The van der Waals surface area contributed by atoms with E-state index in [1.165, 1.54) is 5.56 Å². The Hall–Kier alpha value is -2.01. The highest BCUT2D eigenvalue weighted by Gasteiger charge is 2.07. The molecule has 132 valence electrons. The van der Waals surface area contributed by atoms with Crippen LogP contribution in [0.25, 0.3) is 0 Å². The topological polar surface area (TPSA) is 24.1 Å². The van der Waals surface area contributed by atoms with Crippen LogP contribution in [0, 0.1) is 13.8 Å². The van der Waals surface area contributed by atoms with Crippen molar-refractivity contribution in [3.63, 3.8) is 0 Å². The molecule has 0 aromatic heterocycles. The van der Waals surface area contributed by atoms with E-state index in [1.54, 1.807) is 11.8 Å². The van der Waals surface area contributed by atoms with Crippen LogP contribution in [-0.2, 0) is 0 Å². The molecule has 0 fully saturated rings. The number of halogens is 1. The monoisotopic (exact) mass is 398 g/mol. The third-order valence-corrected chi connectivity index (χ3v) is 5.35. The summed E-state index contributed by atoms with van der Waals surface area (Å²) in [6.07, 6.45) is 0. The molecule has 0 bridgehead atoms. The molecule has 2 nitrogen and oxygen atoms in total. The van der Waals surface area contributed by atoms with Gasteiger partial charge in [-0.3, -0.25) is 0 Å². The molecule has 5 heteroatoms. The van der Waals surface area contributed by atoms with Crippen LogP contribution in [0.3, 0.4) is 0 Å². The zero-order valence-corrected chi connectivity index (χ0v) is 16.9. The number of hydrogen-bond acceptors (Lipinski definition) is 2. The lowest BCUT2D eigenvalue weighted by Gasteiger charge is -2.15. The molecule has 0 amide bonds. The number of nitrogens with one attached hydrogen (secondary N) is 2. The molecule has 0 saturated heterocycles. The van der Waals surface area contributed by atoms with Crippen LogP contribution < -0.4 is 10.6 Å². The summed E-state index contributed by atoms with van der Waals surface area (Å²) in [7, 11) is 0. The second kappa shape index (κ2) is 8.58. The van der Waals surface area contributed by atoms with Crippen LogP contribution in [0.4, 0.5) is 11.4 Å². The van der Waals surface area contributed by atoms with Gasteiger partial charge in [-0.05, 0) is 74.1 Å². The number of para-hydroxylation sites is 1. The molecule has 0 heterocycles. The summed E-state index contributed by atoms with van der Waals surface area (Å²) in [4.78, 5) is 2.22. The molecule has 0 saturated carbocycles. The van der Waals surface area contributed by atoms with Gasteiger partial charge >= 0.3 is 0 Å². The minimum atomic E-state index is 0.570. The first-order valence-electron chi connectivity index (χ1n) is 8.19. The molecule has 0 unspecified atom stereocenters. The summed E-state index contributed by atoms with van der Waals surface area (Å²) in [6, 6.07) is 22.2. The Bertz CT molecular complexity index is 924. The lowest BCUT2D eigenvalue weighted by Crippen LogP contribution is -2.20. The first kappa shape index (κ1) is 18.8. The van der Waals surface area contributed by atoms with Crippen LogP contribution in [0.15, 0.2) is 76.5 Å². The predicted molar refractivity (Wildman–Crippen MR) is 118 cm³/mol. The van der Waals surface area contributed by atoms with Gasteiger partial charge in [0.2, 0.25) is 0 Å². The number of hydrogen-bond donors (Lipinski definition) is 2. The highest BCUT2D eigenvalue weighted by atomic mass is 35.5. The fraction of sp³-hybridized carbons (Fsp3) is 0.0952. The molecule has 0 radical (unpaired) electrons. The molecule has 0 aliphatic heterocycles. The maximum Gasteiger partial charge on any atom is 0.175 e. The Kier molecular flexibility index (Phi) is 6.20. The van der Waals surface area contributed by atoms with E-state index in [0.29, 0.717) is 5.11 Å². The Morgan fingerprint density at radius 1 is 0.885 bits per heavy atom. The van der Waals surface area contributed by atoms with Gasteiger partial charge in [-0.25, -0.2) is 0 Å². The van der Waals surface area contributed by atoms with E-state index >= 15 is 0 Å². The van der Waals surface area contributed by atoms with Crippen LogP contribution in [-0.4, -0.2) is 5.11 Å². The Morgan fingerprint density at radius 3 is 2.31 bits per heavy atom. The number of rotatable bonds is 4. The lowest BCUT2D eigenvalue weighted by molar-refractivity contribution is 1.37. The van der Waals surface area contributed by atoms with Gasteiger partial charge in [-0.2, -0.15) is 0 Å². The van der Waals surface area contributed by atoms with E-state index in [-0.39, 0.29) is 0 Å². The van der Waals surface area contributed by atoms with Crippen molar-refractivity contribution in [3.8, 4) is 0 Å². The standard InChI is InChI=1S/C21H19ClN2S2/c1-14-7-12-18(15(2)13-14)23-21(25)24-19-5-3-4-6-20(19)26-17-10-8-16(22)9-11-17/h3-13H,1-2H3,(H2,23,24,25). The second-order valence-corrected chi connectivity index (χ2v) is 7.91. The van der Waals surface area contributed by atoms with Gasteiger partial charge in [-0.1, -0.05) is 53.2 Å². The van der Waals surface area contributed by atoms with Crippen molar-refractivity contribution in [3.05, 3.63) is 82.9 Å². The maximum absolute atomic E-state index is 5.97. The summed E-state index contributed by atoms with van der Waals surface area (Å²) in [5.41, 5.74) is 4.38. The molecule has 3 aromatic rings. The van der Waals surface area contributed by atoms with E-state index in [9.17, 15) is 0 Å². The average molecular weight is 399 g/mol.